The summed E-state index contributed by atoms with van der Waals surface area (Å²) < 4.78 is 0. The Morgan fingerprint density at radius 2 is 1.79 bits per heavy atom. The number of rotatable bonds is 5. The minimum atomic E-state index is 0.0834. The molecule has 3 nitrogen and oxygen atoms in total. The maximum absolute atomic E-state index is 12.4. The molecular weight excluding hydrogens is 236 g/mol. The molecule has 1 saturated carbocycles. The van der Waals surface area contributed by atoms with Gasteiger partial charge in [0.2, 0.25) is 5.91 Å². The molecule has 2 fully saturated rings. The standard InChI is InChI=1S/C16H30N2O/c1-3-18(4-2)16(19)15-12-14(9-10-17-15)11-13-7-5-6-8-13/h13-15,17H,3-12H2,1-2H3. The van der Waals surface area contributed by atoms with Gasteiger partial charge in [0.1, 0.15) is 0 Å². The van der Waals surface area contributed by atoms with Crippen molar-refractivity contribution in [3.63, 3.8) is 0 Å². The van der Waals surface area contributed by atoms with Crippen molar-refractivity contribution in [3.05, 3.63) is 0 Å². The molecular formula is C16H30N2O. The van der Waals surface area contributed by atoms with Gasteiger partial charge in [0.05, 0.1) is 6.04 Å². The smallest absolute Gasteiger partial charge is 0.239 e. The van der Waals surface area contributed by atoms with Crippen molar-refractivity contribution in [1.82, 2.24) is 10.2 Å². The molecule has 2 atom stereocenters. The summed E-state index contributed by atoms with van der Waals surface area (Å²) in [6, 6.07) is 0.0834. The number of likely N-dealkylation sites (N-methyl/N-ethyl adjacent to an activating group) is 1. The third-order valence-corrected chi connectivity index (χ3v) is 5.03. The summed E-state index contributed by atoms with van der Waals surface area (Å²) in [7, 11) is 0. The van der Waals surface area contributed by atoms with Crippen LogP contribution in [0.1, 0.15) is 58.8 Å². The van der Waals surface area contributed by atoms with Gasteiger partial charge in [0.15, 0.2) is 0 Å². The van der Waals surface area contributed by atoms with Crippen LogP contribution >= 0.6 is 0 Å². The molecule has 1 heterocycles. The Kier molecular flexibility index (Phi) is 5.68. The average Bonchev–Trinajstić information content (AvgIpc) is 2.93. The highest BCUT2D eigenvalue weighted by Crippen LogP contribution is 2.34. The molecule has 1 aliphatic heterocycles. The van der Waals surface area contributed by atoms with Crippen LogP contribution in [0.15, 0.2) is 0 Å². The van der Waals surface area contributed by atoms with E-state index in [9.17, 15) is 4.79 Å². The largest absolute Gasteiger partial charge is 0.342 e. The third-order valence-electron chi connectivity index (χ3n) is 5.03. The predicted octanol–water partition coefficient (Wildman–Crippen LogP) is 2.80. The van der Waals surface area contributed by atoms with E-state index in [1.54, 1.807) is 0 Å². The molecule has 2 rings (SSSR count). The van der Waals surface area contributed by atoms with E-state index >= 15 is 0 Å². The molecule has 2 aliphatic rings. The van der Waals surface area contributed by atoms with E-state index < -0.39 is 0 Å². The lowest BCUT2D eigenvalue weighted by Crippen LogP contribution is -2.50. The van der Waals surface area contributed by atoms with Crippen LogP contribution in [0.3, 0.4) is 0 Å². The summed E-state index contributed by atoms with van der Waals surface area (Å²) in [5.41, 5.74) is 0. The zero-order valence-electron chi connectivity index (χ0n) is 12.7. The van der Waals surface area contributed by atoms with Gasteiger partial charge < -0.3 is 10.2 Å². The Morgan fingerprint density at radius 1 is 1.11 bits per heavy atom. The zero-order valence-corrected chi connectivity index (χ0v) is 12.7. The number of nitrogens with zero attached hydrogens (tertiary/aromatic N) is 1. The van der Waals surface area contributed by atoms with Gasteiger partial charge in [0.25, 0.3) is 0 Å². The van der Waals surface area contributed by atoms with Crippen molar-refractivity contribution in [1.29, 1.82) is 0 Å². The summed E-state index contributed by atoms with van der Waals surface area (Å²) in [5, 5.41) is 3.43. The van der Waals surface area contributed by atoms with E-state index in [0.717, 1.165) is 37.9 Å². The van der Waals surface area contributed by atoms with Crippen molar-refractivity contribution < 1.29 is 4.79 Å². The lowest BCUT2D eigenvalue weighted by Gasteiger charge is -2.33. The molecule has 110 valence electrons. The molecule has 3 heteroatoms. The normalized spacial score (nSPS) is 28.5. The van der Waals surface area contributed by atoms with Crippen molar-refractivity contribution in [2.75, 3.05) is 19.6 Å². The maximum atomic E-state index is 12.4. The van der Waals surface area contributed by atoms with Crippen LogP contribution in [0.25, 0.3) is 0 Å². The summed E-state index contributed by atoms with van der Waals surface area (Å²) in [6.07, 6.45) is 9.40. The SMILES string of the molecule is CCN(CC)C(=O)C1CC(CC2CCCC2)CCN1. The molecule has 1 aliphatic carbocycles. The van der Waals surface area contributed by atoms with Gasteiger partial charge in [-0.15, -0.1) is 0 Å². The minimum absolute atomic E-state index is 0.0834. The third kappa shape index (κ3) is 3.95. The first-order valence-electron chi connectivity index (χ1n) is 8.26. The van der Waals surface area contributed by atoms with Gasteiger partial charge in [-0.25, -0.2) is 0 Å². The van der Waals surface area contributed by atoms with Crippen LogP contribution in [0, 0.1) is 11.8 Å². The molecule has 0 aromatic carbocycles. The number of carbonyl (C=O) groups excluding carboxylic acids is 1. The number of hydrogen-bond donors (Lipinski definition) is 1. The second-order valence-corrected chi connectivity index (χ2v) is 6.29. The van der Waals surface area contributed by atoms with Gasteiger partial charge in [-0.1, -0.05) is 25.7 Å². The molecule has 19 heavy (non-hydrogen) atoms. The predicted molar refractivity (Wildman–Crippen MR) is 79.0 cm³/mol. The first-order valence-corrected chi connectivity index (χ1v) is 8.26. The second-order valence-electron chi connectivity index (χ2n) is 6.29. The van der Waals surface area contributed by atoms with Crippen molar-refractivity contribution in [2.24, 2.45) is 11.8 Å². The van der Waals surface area contributed by atoms with Crippen molar-refractivity contribution >= 4 is 5.91 Å². The molecule has 0 radical (unpaired) electrons. The van der Waals surface area contributed by atoms with E-state index in [1.807, 2.05) is 4.90 Å². The number of amides is 1. The number of nitrogens with one attached hydrogen (secondary N) is 1. The molecule has 0 aromatic heterocycles. The lowest BCUT2D eigenvalue weighted by molar-refractivity contribution is -0.134. The fourth-order valence-corrected chi connectivity index (χ4v) is 3.87. The number of carbonyl (C=O) groups is 1. The summed E-state index contributed by atoms with van der Waals surface area (Å²) >= 11 is 0. The Hall–Kier alpha value is -0.570. The van der Waals surface area contributed by atoms with Crippen molar-refractivity contribution in [2.45, 2.75) is 64.8 Å². The highest BCUT2D eigenvalue weighted by molar-refractivity contribution is 5.82. The molecule has 1 amide bonds. The van der Waals surface area contributed by atoms with Crippen LogP contribution in [-0.4, -0.2) is 36.5 Å². The van der Waals surface area contributed by atoms with Crippen LogP contribution < -0.4 is 5.32 Å². The minimum Gasteiger partial charge on any atom is -0.342 e. The Balaban J connectivity index is 1.83. The number of piperidine rings is 1. The maximum Gasteiger partial charge on any atom is 0.239 e. The van der Waals surface area contributed by atoms with E-state index in [0.29, 0.717) is 5.91 Å². The van der Waals surface area contributed by atoms with Gasteiger partial charge in [0, 0.05) is 13.1 Å². The first-order chi connectivity index (χ1) is 9.24. The average molecular weight is 266 g/mol. The van der Waals surface area contributed by atoms with Crippen LogP contribution in [0.5, 0.6) is 0 Å². The van der Waals surface area contributed by atoms with Gasteiger partial charge >= 0.3 is 0 Å². The highest BCUT2D eigenvalue weighted by Gasteiger charge is 2.30. The van der Waals surface area contributed by atoms with Crippen LogP contribution in [0.2, 0.25) is 0 Å². The van der Waals surface area contributed by atoms with E-state index in [-0.39, 0.29) is 6.04 Å². The molecule has 2 unspecified atom stereocenters. The van der Waals surface area contributed by atoms with Gasteiger partial charge in [-0.3, -0.25) is 4.79 Å². The van der Waals surface area contributed by atoms with E-state index in [2.05, 4.69) is 19.2 Å². The Bertz CT molecular complexity index is 282. The Labute approximate surface area is 118 Å². The van der Waals surface area contributed by atoms with Gasteiger partial charge in [-0.2, -0.15) is 0 Å². The van der Waals surface area contributed by atoms with E-state index in [4.69, 9.17) is 0 Å². The zero-order chi connectivity index (χ0) is 13.7. The Morgan fingerprint density at radius 3 is 2.42 bits per heavy atom. The molecule has 1 N–H and O–H groups in total. The molecule has 0 aromatic rings. The highest BCUT2D eigenvalue weighted by atomic mass is 16.2. The molecule has 0 spiro atoms. The fraction of sp³-hybridized carbons (Fsp3) is 0.938. The van der Waals surface area contributed by atoms with Crippen LogP contribution in [-0.2, 0) is 4.79 Å². The van der Waals surface area contributed by atoms with Crippen molar-refractivity contribution in [3.8, 4) is 0 Å². The quantitative estimate of drug-likeness (QED) is 0.830. The summed E-state index contributed by atoms with van der Waals surface area (Å²) in [6.45, 7) is 6.83. The second kappa shape index (κ2) is 7.28. The lowest BCUT2D eigenvalue weighted by atomic mass is 9.84. The fourth-order valence-electron chi connectivity index (χ4n) is 3.87. The number of hydrogen-bond acceptors (Lipinski definition) is 2. The summed E-state index contributed by atoms with van der Waals surface area (Å²) in [5.74, 6) is 2.04. The monoisotopic (exact) mass is 266 g/mol. The molecule has 1 saturated heterocycles. The van der Waals surface area contributed by atoms with Crippen LogP contribution in [0.4, 0.5) is 0 Å². The first kappa shape index (κ1) is 14.8. The topological polar surface area (TPSA) is 32.3 Å². The summed E-state index contributed by atoms with van der Waals surface area (Å²) in [4.78, 5) is 14.4. The molecule has 0 bridgehead atoms. The van der Waals surface area contributed by atoms with Gasteiger partial charge in [-0.05, 0) is 51.5 Å². The van der Waals surface area contributed by atoms with E-state index in [1.165, 1.54) is 38.5 Å².